The van der Waals surface area contributed by atoms with E-state index in [0.717, 1.165) is 54.3 Å². The lowest BCUT2D eigenvalue weighted by Gasteiger charge is -2.39. The van der Waals surface area contributed by atoms with Crippen LogP contribution in [0.15, 0.2) is 42.5 Å². The predicted octanol–water partition coefficient (Wildman–Crippen LogP) is 3.20. The maximum absolute atomic E-state index is 11.2. The highest BCUT2D eigenvalue weighted by Gasteiger charge is 2.35. The third-order valence-corrected chi connectivity index (χ3v) is 5.07. The molecule has 2 aromatic rings. The second kappa shape index (κ2) is 7.98. The molecule has 0 bridgehead atoms. The van der Waals surface area contributed by atoms with Crippen LogP contribution in [0.4, 0.5) is 0 Å². The highest BCUT2D eigenvalue weighted by atomic mass is 16.5. The lowest BCUT2D eigenvalue weighted by atomic mass is 9.85. The van der Waals surface area contributed by atoms with Crippen molar-refractivity contribution in [2.75, 3.05) is 34.4 Å². The summed E-state index contributed by atoms with van der Waals surface area (Å²) in [7, 11) is 4.96. The van der Waals surface area contributed by atoms with E-state index < -0.39 is 5.60 Å². The summed E-state index contributed by atoms with van der Waals surface area (Å²) in [5.74, 6) is 2.38. The number of β-amino-alcohol motifs (C(OH)–C–C–N with tert-alkyl or cyclic N) is 1. The minimum absolute atomic E-state index is 0.592. The maximum atomic E-state index is 11.2. The Morgan fingerprint density at radius 1 is 0.962 bits per heavy atom. The van der Waals surface area contributed by atoms with Gasteiger partial charge in [-0.3, -0.25) is 4.90 Å². The summed E-state index contributed by atoms with van der Waals surface area (Å²) in [6.07, 6.45) is 1.70. The molecule has 3 rings (SSSR count). The lowest BCUT2D eigenvalue weighted by molar-refractivity contribution is -0.0383. The largest absolute Gasteiger partial charge is 0.497 e. The molecule has 0 aromatic heterocycles. The van der Waals surface area contributed by atoms with Gasteiger partial charge in [0.25, 0.3) is 0 Å². The van der Waals surface area contributed by atoms with Crippen molar-refractivity contribution in [3.8, 4) is 17.2 Å². The molecule has 1 atom stereocenters. The Kier molecular flexibility index (Phi) is 5.69. The van der Waals surface area contributed by atoms with Gasteiger partial charge in [-0.25, -0.2) is 0 Å². The average Bonchev–Trinajstić information content (AvgIpc) is 2.68. The third kappa shape index (κ3) is 3.94. The first kappa shape index (κ1) is 18.5. The third-order valence-electron chi connectivity index (χ3n) is 5.07. The van der Waals surface area contributed by atoms with Gasteiger partial charge in [0.05, 0.1) is 21.3 Å². The number of aliphatic hydroxyl groups is 1. The first-order valence-electron chi connectivity index (χ1n) is 8.88. The van der Waals surface area contributed by atoms with E-state index in [0.29, 0.717) is 6.54 Å². The Hall–Kier alpha value is -2.24. The number of nitrogens with zero attached hydrogens (tertiary/aromatic N) is 1. The Bertz CT molecular complexity index is 731. The zero-order chi connectivity index (χ0) is 18.6. The molecule has 26 heavy (non-hydrogen) atoms. The number of piperidine rings is 1. The molecular weight excluding hydrogens is 330 g/mol. The van der Waals surface area contributed by atoms with E-state index in [-0.39, 0.29) is 0 Å². The average molecular weight is 357 g/mol. The van der Waals surface area contributed by atoms with Crippen molar-refractivity contribution in [2.45, 2.75) is 25.0 Å². The van der Waals surface area contributed by atoms with Crippen LogP contribution in [0.25, 0.3) is 0 Å². The van der Waals surface area contributed by atoms with Gasteiger partial charge in [0, 0.05) is 24.7 Å². The number of hydrogen-bond acceptors (Lipinski definition) is 5. The topological polar surface area (TPSA) is 51.2 Å². The molecule has 1 heterocycles. The summed E-state index contributed by atoms with van der Waals surface area (Å²) in [5, 5.41) is 11.2. The van der Waals surface area contributed by atoms with Gasteiger partial charge >= 0.3 is 0 Å². The number of benzene rings is 2. The zero-order valence-electron chi connectivity index (χ0n) is 15.7. The molecule has 140 valence electrons. The molecule has 5 nitrogen and oxygen atoms in total. The van der Waals surface area contributed by atoms with Crippen molar-refractivity contribution >= 4 is 0 Å². The highest BCUT2D eigenvalue weighted by Crippen LogP contribution is 2.34. The normalized spacial score (nSPS) is 20.6. The quantitative estimate of drug-likeness (QED) is 0.860. The Labute approximate surface area is 155 Å². The Morgan fingerprint density at radius 3 is 2.31 bits per heavy atom. The predicted molar refractivity (Wildman–Crippen MR) is 101 cm³/mol. The molecule has 1 aliphatic heterocycles. The monoisotopic (exact) mass is 357 g/mol. The van der Waals surface area contributed by atoms with E-state index in [2.05, 4.69) is 4.90 Å². The van der Waals surface area contributed by atoms with Crippen LogP contribution in [0.3, 0.4) is 0 Å². The highest BCUT2D eigenvalue weighted by molar-refractivity contribution is 5.41. The van der Waals surface area contributed by atoms with Gasteiger partial charge in [-0.2, -0.15) is 0 Å². The summed E-state index contributed by atoms with van der Waals surface area (Å²) in [6.45, 7) is 2.27. The van der Waals surface area contributed by atoms with Crippen molar-refractivity contribution in [3.05, 3.63) is 53.6 Å². The SMILES string of the molecule is COc1ccc(C2(O)CCCN(Cc3ccc(OC)cc3OC)C2)cc1. The molecule has 1 unspecified atom stereocenters. The van der Waals surface area contributed by atoms with Crippen molar-refractivity contribution in [2.24, 2.45) is 0 Å². The van der Waals surface area contributed by atoms with Crippen molar-refractivity contribution in [1.29, 1.82) is 0 Å². The van der Waals surface area contributed by atoms with E-state index >= 15 is 0 Å². The van der Waals surface area contributed by atoms with Crippen molar-refractivity contribution < 1.29 is 19.3 Å². The van der Waals surface area contributed by atoms with E-state index in [1.807, 2.05) is 42.5 Å². The van der Waals surface area contributed by atoms with Gasteiger partial charge in [0.15, 0.2) is 0 Å². The molecular formula is C21H27NO4. The molecule has 0 spiro atoms. The van der Waals surface area contributed by atoms with Gasteiger partial charge in [0.1, 0.15) is 22.8 Å². The van der Waals surface area contributed by atoms with Crippen LogP contribution in [0.2, 0.25) is 0 Å². The van der Waals surface area contributed by atoms with Crippen LogP contribution in [-0.2, 0) is 12.1 Å². The molecule has 1 fully saturated rings. The van der Waals surface area contributed by atoms with Gasteiger partial charge < -0.3 is 19.3 Å². The van der Waals surface area contributed by atoms with E-state index in [4.69, 9.17) is 14.2 Å². The smallest absolute Gasteiger partial charge is 0.127 e. The molecule has 1 N–H and O–H groups in total. The van der Waals surface area contributed by atoms with E-state index in [9.17, 15) is 5.11 Å². The summed E-state index contributed by atoms with van der Waals surface area (Å²) < 4.78 is 16.0. The Balaban J connectivity index is 1.75. The fraction of sp³-hybridized carbons (Fsp3) is 0.429. The molecule has 1 aliphatic rings. The number of likely N-dealkylation sites (tertiary alicyclic amines) is 1. The van der Waals surface area contributed by atoms with E-state index in [1.54, 1.807) is 21.3 Å². The number of hydrogen-bond donors (Lipinski definition) is 1. The first-order valence-corrected chi connectivity index (χ1v) is 8.88. The zero-order valence-corrected chi connectivity index (χ0v) is 15.7. The second-order valence-corrected chi connectivity index (χ2v) is 6.75. The molecule has 0 saturated carbocycles. The fourth-order valence-corrected chi connectivity index (χ4v) is 3.62. The van der Waals surface area contributed by atoms with Crippen molar-refractivity contribution in [1.82, 2.24) is 4.90 Å². The van der Waals surface area contributed by atoms with Crippen LogP contribution in [0, 0.1) is 0 Å². The van der Waals surface area contributed by atoms with Crippen molar-refractivity contribution in [3.63, 3.8) is 0 Å². The molecule has 5 heteroatoms. The number of methoxy groups -OCH3 is 3. The van der Waals surface area contributed by atoms with Crippen LogP contribution < -0.4 is 14.2 Å². The maximum Gasteiger partial charge on any atom is 0.127 e. The molecule has 2 aromatic carbocycles. The van der Waals surface area contributed by atoms with Crippen LogP contribution in [0.5, 0.6) is 17.2 Å². The standard InChI is InChI=1S/C21H27NO4/c1-24-18-9-6-17(7-10-18)21(23)11-4-12-22(15-21)14-16-5-8-19(25-2)13-20(16)26-3/h5-10,13,23H,4,11-12,14-15H2,1-3H3. The number of rotatable bonds is 6. The summed E-state index contributed by atoms with van der Waals surface area (Å²) in [6, 6.07) is 13.6. The Morgan fingerprint density at radius 2 is 1.65 bits per heavy atom. The van der Waals surface area contributed by atoms with Crippen LogP contribution in [-0.4, -0.2) is 44.4 Å². The second-order valence-electron chi connectivity index (χ2n) is 6.75. The first-order chi connectivity index (χ1) is 12.6. The van der Waals surface area contributed by atoms with Gasteiger partial charge in [-0.15, -0.1) is 0 Å². The molecule has 0 radical (unpaired) electrons. The summed E-state index contributed by atoms with van der Waals surface area (Å²) in [4.78, 5) is 2.28. The minimum Gasteiger partial charge on any atom is -0.497 e. The van der Waals surface area contributed by atoms with Gasteiger partial charge in [-0.1, -0.05) is 18.2 Å². The molecule has 0 aliphatic carbocycles. The van der Waals surface area contributed by atoms with Crippen LogP contribution >= 0.6 is 0 Å². The van der Waals surface area contributed by atoms with Crippen LogP contribution in [0.1, 0.15) is 24.0 Å². The van der Waals surface area contributed by atoms with Gasteiger partial charge in [-0.05, 0) is 43.1 Å². The summed E-state index contributed by atoms with van der Waals surface area (Å²) in [5.41, 5.74) is 1.18. The van der Waals surface area contributed by atoms with E-state index in [1.165, 1.54) is 0 Å². The minimum atomic E-state index is -0.843. The molecule has 0 amide bonds. The summed E-state index contributed by atoms with van der Waals surface area (Å²) >= 11 is 0. The lowest BCUT2D eigenvalue weighted by Crippen LogP contribution is -2.45. The number of ether oxygens (including phenoxy) is 3. The van der Waals surface area contributed by atoms with Gasteiger partial charge in [0.2, 0.25) is 0 Å². The molecule has 1 saturated heterocycles. The fourth-order valence-electron chi connectivity index (χ4n) is 3.62.